The Bertz CT molecular complexity index is 631. The second-order valence-corrected chi connectivity index (χ2v) is 9.29. The molecule has 2 aliphatic carbocycles. The average Bonchev–Trinajstić information content (AvgIpc) is 2.75. The number of aryl methyl sites for hydroxylation is 2. The van der Waals surface area contributed by atoms with Gasteiger partial charge in [-0.25, -0.2) is 4.99 Å². The van der Waals surface area contributed by atoms with Crippen LogP contribution in [0.2, 0.25) is 0 Å². The lowest BCUT2D eigenvalue weighted by molar-refractivity contribution is 0.408. The molecule has 0 radical (unpaired) electrons. The molecule has 4 heteroatoms. The van der Waals surface area contributed by atoms with E-state index in [1.54, 1.807) is 0 Å². The van der Waals surface area contributed by atoms with Crippen LogP contribution in [0.4, 0.5) is 5.69 Å². The van der Waals surface area contributed by atoms with Crippen molar-refractivity contribution in [1.29, 1.82) is 0 Å². The van der Waals surface area contributed by atoms with Gasteiger partial charge >= 0.3 is 0 Å². The zero-order chi connectivity index (χ0) is 20.3. The Labute approximate surface area is 183 Å². The number of rotatable bonds is 8. The minimum Gasteiger partial charge on any atom is -0.353 e. The van der Waals surface area contributed by atoms with Gasteiger partial charge in [0.05, 0.1) is 6.04 Å². The number of alkyl halides is 1. The zero-order valence-corrected chi connectivity index (χ0v) is 19.1. The maximum Gasteiger partial charge on any atom is 0.196 e. The van der Waals surface area contributed by atoms with Crippen LogP contribution in [0.3, 0.4) is 0 Å². The van der Waals surface area contributed by atoms with Gasteiger partial charge in [0.25, 0.3) is 0 Å². The molecule has 0 saturated heterocycles. The molecule has 2 aliphatic rings. The summed E-state index contributed by atoms with van der Waals surface area (Å²) in [6.45, 7) is 2.24. The Kier molecular flexibility index (Phi) is 9.66. The lowest BCUT2D eigenvalue weighted by atomic mass is 9.95. The van der Waals surface area contributed by atoms with Crippen LogP contribution in [-0.4, -0.2) is 23.9 Å². The maximum atomic E-state index is 6.01. The van der Waals surface area contributed by atoms with Gasteiger partial charge < -0.3 is 10.6 Å². The molecule has 2 saturated carbocycles. The van der Waals surface area contributed by atoms with Gasteiger partial charge in [-0.3, -0.25) is 0 Å². The van der Waals surface area contributed by atoms with Crippen molar-refractivity contribution < 1.29 is 0 Å². The van der Waals surface area contributed by atoms with Gasteiger partial charge in [-0.1, -0.05) is 64.0 Å². The molecule has 3 nitrogen and oxygen atoms in total. The van der Waals surface area contributed by atoms with Crippen LogP contribution >= 0.6 is 11.6 Å². The molecule has 3 rings (SSSR count). The van der Waals surface area contributed by atoms with Crippen molar-refractivity contribution in [3.63, 3.8) is 0 Å². The molecule has 0 bridgehead atoms. The Balaban J connectivity index is 1.78. The van der Waals surface area contributed by atoms with E-state index in [9.17, 15) is 0 Å². The van der Waals surface area contributed by atoms with Gasteiger partial charge in [-0.05, 0) is 62.1 Å². The summed E-state index contributed by atoms with van der Waals surface area (Å²) in [6.07, 6.45) is 17.4. The van der Waals surface area contributed by atoms with E-state index in [1.165, 1.54) is 87.4 Å². The van der Waals surface area contributed by atoms with E-state index >= 15 is 0 Å². The first-order valence-electron chi connectivity index (χ1n) is 12.1. The molecule has 0 atom stereocenters. The Morgan fingerprint density at radius 2 is 1.72 bits per heavy atom. The third-order valence-corrected chi connectivity index (χ3v) is 6.64. The van der Waals surface area contributed by atoms with E-state index in [1.807, 2.05) is 0 Å². The Morgan fingerprint density at radius 3 is 2.41 bits per heavy atom. The van der Waals surface area contributed by atoms with Crippen LogP contribution < -0.4 is 10.6 Å². The van der Waals surface area contributed by atoms with E-state index in [-0.39, 0.29) is 0 Å². The average molecular weight is 418 g/mol. The highest BCUT2D eigenvalue weighted by Gasteiger charge is 2.18. The number of hydrogen-bond donors (Lipinski definition) is 2. The van der Waals surface area contributed by atoms with Gasteiger partial charge in [0, 0.05) is 17.6 Å². The smallest absolute Gasteiger partial charge is 0.196 e. The van der Waals surface area contributed by atoms with Crippen LogP contribution in [0.1, 0.15) is 95.1 Å². The van der Waals surface area contributed by atoms with Crippen molar-refractivity contribution in [2.24, 2.45) is 4.99 Å². The molecule has 2 N–H and O–H groups in total. The minimum absolute atomic E-state index is 0.466. The topological polar surface area (TPSA) is 36.4 Å². The summed E-state index contributed by atoms with van der Waals surface area (Å²) in [6, 6.07) is 7.93. The number of aliphatic imine (C=N–C) groups is 1. The molecule has 2 fully saturated rings. The fourth-order valence-corrected chi connectivity index (χ4v) is 4.88. The molecule has 1 aromatic carbocycles. The molecule has 0 unspecified atom stereocenters. The number of hydrogen-bond acceptors (Lipinski definition) is 1. The molecule has 0 amide bonds. The van der Waals surface area contributed by atoms with E-state index in [4.69, 9.17) is 16.6 Å². The second-order valence-electron chi connectivity index (χ2n) is 8.91. The highest BCUT2D eigenvalue weighted by molar-refractivity contribution is 6.17. The first-order valence-corrected chi connectivity index (χ1v) is 12.6. The second kappa shape index (κ2) is 12.5. The molecule has 0 aromatic heterocycles. The Hall–Kier alpha value is -1.22. The van der Waals surface area contributed by atoms with Crippen molar-refractivity contribution in [2.45, 2.75) is 109 Å². The highest BCUT2D eigenvalue weighted by atomic mass is 35.5. The summed E-state index contributed by atoms with van der Waals surface area (Å²) >= 11 is 6.01. The first kappa shape index (κ1) is 22.5. The molecule has 0 spiro atoms. The normalized spacial score (nSPS) is 19.3. The molecule has 0 heterocycles. The molecular weight excluding hydrogens is 378 g/mol. The number of guanidine groups is 1. The van der Waals surface area contributed by atoms with Crippen molar-refractivity contribution in [3.05, 3.63) is 29.3 Å². The predicted molar refractivity (Wildman–Crippen MR) is 127 cm³/mol. The number of halogens is 1. The SMILES string of the molecule is CCCc1ccc(NC(=NC2CCCCC2)NC2CCCCC2)c(CCCCl)c1. The van der Waals surface area contributed by atoms with E-state index in [0.717, 1.165) is 25.2 Å². The zero-order valence-electron chi connectivity index (χ0n) is 18.3. The maximum absolute atomic E-state index is 6.01. The number of nitrogens with one attached hydrogen (secondary N) is 2. The minimum atomic E-state index is 0.466. The van der Waals surface area contributed by atoms with E-state index in [2.05, 4.69) is 35.8 Å². The van der Waals surface area contributed by atoms with E-state index < -0.39 is 0 Å². The summed E-state index contributed by atoms with van der Waals surface area (Å²) in [7, 11) is 0. The Morgan fingerprint density at radius 1 is 1.00 bits per heavy atom. The van der Waals surface area contributed by atoms with Crippen LogP contribution in [-0.2, 0) is 12.8 Å². The third-order valence-electron chi connectivity index (χ3n) is 6.37. The number of benzene rings is 1. The molecule has 162 valence electrons. The monoisotopic (exact) mass is 417 g/mol. The van der Waals surface area contributed by atoms with Gasteiger partial charge in [0.2, 0.25) is 0 Å². The molecular formula is C25H40ClN3. The van der Waals surface area contributed by atoms with Crippen LogP contribution in [0.15, 0.2) is 23.2 Å². The summed E-state index contributed by atoms with van der Waals surface area (Å²) < 4.78 is 0. The third kappa shape index (κ3) is 7.51. The van der Waals surface area contributed by atoms with Crippen LogP contribution in [0.5, 0.6) is 0 Å². The quantitative estimate of drug-likeness (QED) is 0.276. The van der Waals surface area contributed by atoms with E-state index in [0.29, 0.717) is 18.0 Å². The standard InChI is InChI=1S/C25H40ClN3/c1-2-10-20-16-17-24(21(19-20)11-9-18-26)29-25(27-22-12-5-3-6-13-22)28-23-14-7-4-8-15-23/h16-17,19,22-23H,2-15,18H2,1H3,(H2,27,28,29). The first-order chi connectivity index (χ1) is 14.3. The van der Waals surface area contributed by atoms with Gasteiger partial charge in [-0.2, -0.15) is 0 Å². The lowest BCUT2D eigenvalue weighted by Crippen LogP contribution is -2.41. The summed E-state index contributed by atoms with van der Waals surface area (Å²) in [5.74, 6) is 1.71. The molecule has 29 heavy (non-hydrogen) atoms. The van der Waals surface area contributed by atoms with Crippen LogP contribution in [0.25, 0.3) is 0 Å². The number of nitrogens with zero attached hydrogens (tertiary/aromatic N) is 1. The van der Waals surface area contributed by atoms with Gasteiger partial charge in [-0.15, -0.1) is 11.6 Å². The van der Waals surface area contributed by atoms with Crippen molar-refractivity contribution in [3.8, 4) is 0 Å². The van der Waals surface area contributed by atoms with Crippen molar-refractivity contribution in [1.82, 2.24) is 5.32 Å². The summed E-state index contributed by atoms with van der Waals surface area (Å²) in [5, 5.41) is 7.50. The number of anilines is 1. The summed E-state index contributed by atoms with van der Waals surface area (Å²) in [4.78, 5) is 5.17. The lowest BCUT2D eigenvalue weighted by Gasteiger charge is -2.27. The summed E-state index contributed by atoms with van der Waals surface area (Å²) in [5.41, 5.74) is 4.00. The van der Waals surface area contributed by atoms with Gasteiger partial charge in [0.1, 0.15) is 0 Å². The highest BCUT2D eigenvalue weighted by Crippen LogP contribution is 2.24. The fraction of sp³-hybridized carbons (Fsp3) is 0.720. The van der Waals surface area contributed by atoms with Crippen molar-refractivity contribution >= 4 is 23.2 Å². The molecule has 0 aliphatic heterocycles. The van der Waals surface area contributed by atoms with Crippen LogP contribution in [0, 0.1) is 0 Å². The van der Waals surface area contributed by atoms with Gasteiger partial charge in [0.15, 0.2) is 5.96 Å². The fourth-order valence-electron chi connectivity index (χ4n) is 4.74. The van der Waals surface area contributed by atoms with Crippen molar-refractivity contribution in [2.75, 3.05) is 11.2 Å². The largest absolute Gasteiger partial charge is 0.353 e. The predicted octanol–water partition coefficient (Wildman–Crippen LogP) is 6.83. The molecule has 1 aromatic rings.